The molecule has 1 aromatic rings. The van der Waals surface area contributed by atoms with Gasteiger partial charge in [0, 0.05) is 18.6 Å². The third kappa shape index (κ3) is 3.43. The molecule has 3 rings (SSSR count). The van der Waals surface area contributed by atoms with Crippen molar-refractivity contribution in [1.29, 1.82) is 0 Å². The van der Waals surface area contributed by atoms with Crippen LogP contribution in [0, 0.1) is 6.92 Å². The minimum Gasteiger partial charge on any atom is -0.338 e. The van der Waals surface area contributed by atoms with Crippen molar-refractivity contribution in [3.05, 3.63) is 11.7 Å². The van der Waals surface area contributed by atoms with E-state index in [-0.39, 0.29) is 12.4 Å². The van der Waals surface area contributed by atoms with Crippen LogP contribution in [-0.4, -0.2) is 40.2 Å². The Morgan fingerprint density at radius 2 is 2.22 bits per heavy atom. The second-order valence-corrected chi connectivity index (χ2v) is 5.19. The highest BCUT2D eigenvalue weighted by Gasteiger charge is 2.32. The number of nitrogens with one attached hydrogen (secondary N) is 1. The summed E-state index contributed by atoms with van der Waals surface area (Å²) in [6.07, 6.45) is 5.24. The molecule has 6 heteroatoms. The summed E-state index contributed by atoms with van der Waals surface area (Å²) < 4.78 is 5.21. The second kappa shape index (κ2) is 5.99. The molecule has 1 atom stereocenters. The van der Waals surface area contributed by atoms with Gasteiger partial charge in [0.2, 0.25) is 5.89 Å². The Kier molecular flexibility index (Phi) is 4.59. The minimum atomic E-state index is 0. The molecule has 1 aliphatic carbocycles. The number of aromatic nitrogens is 2. The van der Waals surface area contributed by atoms with Gasteiger partial charge in [0.25, 0.3) is 0 Å². The normalized spacial score (nSPS) is 23.3. The number of rotatable bonds is 5. The molecule has 0 spiro atoms. The molecule has 0 aromatic carbocycles. The van der Waals surface area contributed by atoms with Crippen LogP contribution in [0.15, 0.2) is 4.52 Å². The number of hydrogen-bond donors (Lipinski definition) is 1. The van der Waals surface area contributed by atoms with Gasteiger partial charge in [0.05, 0.1) is 6.54 Å². The molecule has 2 heterocycles. The Bertz CT molecular complexity index is 374. The first-order valence-electron chi connectivity index (χ1n) is 6.58. The number of hydrogen-bond acceptors (Lipinski definition) is 5. The van der Waals surface area contributed by atoms with Gasteiger partial charge in [-0.1, -0.05) is 5.16 Å². The predicted octanol–water partition coefficient (Wildman–Crippen LogP) is 1.52. The van der Waals surface area contributed by atoms with Crippen molar-refractivity contribution in [2.24, 2.45) is 0 Å². The highest BCUT2D eigenvalue weighted by atomic mass is 35.5. The van der Waals surface area contributed by atoms with Crippen molar-refractivity contribution >= 4 is 12.4 Å². The van der Waals surface area contributed by atoms with Gasteiger partial charge in [-0.2, -0.15) is 4.98 Å². The molecule has 0 radical (unpaired) electrons. The molecule has 1 aliphatic heterocycles. The summed E-state index contributed by atoms with van der Waals surface area (Å²) in [6, 6.07) is 1.39. The van der Waals surface area contributed by atoms with E-state index in [9.17, 15) is 0 Å². The lowest BCUT2D eigenvalue weighted by Crippen LogP contribution is -2.38. The van der Waals surface area contributed by atoms with Gasteiger partial charge in [0.15, 0.2) is 5.82 Å². The van der Waals surface area contributed by atoms with Gasteiger partial charge in [-0.3, -0.25) is 4.90 Å². The topological polar surface area (TPSA) is 54.2 Å². The lowest BCUT2D eigenvalue weighted by molar-refractivity contribution is 0.200. The molecule has 18 heavy (non-hydrogen) atoms. The average molecular weight is 273 g/mol. The highest BCUT2D eigenvalue weighted by molar-refractivity contribution is 5.85. The SMILES string of the molecule is Cc1noc(CN(CC2CCCN2)C2CC2)n1.Cl. The van der Waals surface area contributed by atoms with Crippen LogP contribution < -0.4 is 5.32 Å². The first-order chi connectivity index (χ1) is 8.31. The summed E-state index contributed by atoms with van der Waals surface area (Å²) in [5.41, 5.74) is 0. The van der Waals surface area contributed by atoms with Gasteiger partial charge in [-0.15, -0.1) is 12.4 Å². The molecule has 1 aromatic heterocycles. The Hall–Kier alpha value is -0.650. The smallest absolute Gasteiger partial charge is 0.240 e. The monoisotopic (exact) mass is 272 g/mol. The summed E-state index contributed by atoms with van der Waals surface area (Å²) in [5, 5.41) is 7.41. The molecule has 1 N–H and O–H groups in total. The van der Waals surface area contributed by atoms with Crippen molar-refractivity contribution in [3.63, 3.8) is 0 Å². The van der Waals surface area contributed by atoms with Crippen molar-refractivity contribution < 1.29 is 4.52 Å². The van der Waals surface area contributed by atoms with Crippen LogP contribution in [0.5, 0.6) is 0 Å². The minimum absolute atomic E-state index is 0. The van der Waals surface area contributed by atoms with Crippen LogP contribution in [0.1, 0.15) is 37.4 Å². The molecule has 2 fully saturated rings. The van der Waals surface area contributed by atoms with Crippen LogP contribution >= 0.6 is 12.4 Å². The van der Waals surface area contributed by atoms with Crippen molar-refractivity contribution in [2.75, 3.05) is 13.1 Å². The van der Waals surface area contributed by atoms with Gasteiger partial charge in [-0.05, 0) is 39.2 Å². The molecular formula is C12H21ClN4O. The predicted molar refractivity (Wildman–Crippen MR) is 70.7 cm³/mol. The van der Waals surface area contributed by atoms with E-state index in [1.807, 2.05) is 6.92 Å². The zero-order valence-electron chi connectivity index (χ0n) is 10.8. The fraction of sp³-hybridized carbons (Fsp3) is 0.833. The summed E-state index contributed by atoms with van der Waals surface area (Å²) in [5.74, 6) is 1.49. The van der Waals surface area contributed by atoms with Crippen LogP contribution in [0.3, 0.4) is 0 Å². The van der Waals surface area contributed by atoms with Gasteiger partial charge in [-0.25, -0.2) is 0 Å². The standard InChI is InChI=1S/C12H20N4O.ClH/c1-9-14-12(17-15-9)8-16(11-4-5-11)7-10-3-2-6-13-10;/h10-11,13H,2-8H2,1H3;1H. The van der Waals surface area contributed by atoms with Crippen molar-refractivity contribution in [1.82, 2.24) is 20.4 Å². The van der Waals surface area contributed by atoms with Crippen molar-refractivity contribution in [3.8, 4) is 0 Å². The van der Waals surface area contributed by atoms with Crippen LogP contribution in [0.2, 0.25) is 0 Å². The molecule has 0 amide bonds. The van der Waals surface area contributed by atoms with Gasteiger partial charge < -0.3 is 9.84 Å². The fourth-order valence-corrected chi connectivity index (χ4v) is 2.56. The third-order valence-corrected chi connectivity index (χ3v) is 3.59. The van der Waals surface area contributed by atoms with Crippen LogP contribution in [0.25, 0.3) is 0 Å². The summed E-state index contributed by atoms with van der Waals surface area (Å²) >= 11 is 0. The highest BCUT2D eigenvalue weighted by Crippen LogP contribution is 2.28. The van der Waals surface area contributed by atoms with E-state index < -0.39 is 0 Å². The first kappa shape index (κ1) is 13.8. The Balaban J connectivity index is 0.00000120. The third-order valence-electron chi connectivity index (χ3n) is 3.59. The maximum absolute atomic E-state index is 5.21. The Labute approximate surface area is 114 Å². The number of halogens is 1. The van der Waals surface area contributed by atoms with E-state index in [1.165, 1.54) is 32.2 Å². The fourth-order valence-electron chi connectivity index (χ4n) is 2.56. The molecule has 2 aliphatic rings. The van der Waals surface area contributed by atoms with E-state index in [0.29, 0.717) is 6.04 Å². The molecule has 5 nitrogen and oxygen atoms in total. The zero-order valence-corrected chi connectivity index (χ0v) is 11.6. The van der Waals surface area contributed by atoms with Crippen LogP contribution in [-0.2, 0) is 6.54 Å². The average Bonchev–Trinajstić information content (AvgIpc) is 2.89. The lowest BCUT2D eigenvalue weighted by Gasteiger charge is -2.23. The van der Waals surface area contributed by atoms with E-state index in [4.69, 9.17) is 4.52 Å². The number of nitrogens with zero attached hydrogens (tertiary/aromatic N) is 3. The van der Waals surface area contributed by atoms with Crippen molar-refractivity contribution in [2.45, 2.75) is 51.2 Å². The zero-order chi connectivity index (χ0) is 11.7. The van der Waals surface area contributed by atoms with E-state index in [1.54, 1.807) is 0 Å². The van der Waals surface area contributed by atoms with E-state index in [2.05, 4.69) is 20.4 Å². The maximum Gasteiger partial charge on any atom is 0.240 e. The Morgan fingerprint density at radius 3 is 2.78 bits per heavy atom. The summed E-state index contributed by atoms with van der Waals surface area (Å²) in [6.45, 7) is 4.96. The molecule has 1 unspecified atom stereocenters. The van der Waals surface area contributed by atoms with E-state index in [0.717, 1.165) is 30.8 Å². The maximum atomic E-state index is 5.21. The van der Waals surface area contributed by atoms with Crippen LogP contribution in [0.4, 0.5) is 0 Å². The van der Waals surface area contributed by atoms with Gasteiger partial charge in [0.1, 0.15) is 0 Å². The summed E-state index contributed by atoms with van der Waals surface area (Å²) in [7, 11) is 0. The van der Waals surface area contributed by atoms with E-state index >= 15 is 0 Å². The molecule has 1 saturated carbocycles. The Morgan fingerprint density at radius 1 is 1.39 bits per heavy atom. The largest absolute Gasteiger partial charge is 0.338 e. The molecule has 102 valence electrons. The quantitative estimate of drug-likeness (QED) is 0.881. The molecular weight excluding hydrogens is 252 g/mol. The molecule has 1 saturated heterocycles. The second-order valence-electron chi connectivity index (χ2n) is 5.19. The lowest BCUT2D eigenvalue weighted by atomic mass is 10.2. The number of aryl methyl sites for hydroxylation is 1. The first-order valence-corrected chi connectivity index (χ1v) is 6.58. The summed E-state index contributed by atoms with van der Waals surface area (Å²) in [4.78, 5) is 6.79. The molecule has 0 bridgehead atoms. The van der Waals surface area contributed by atoms with Gasteiger partial charge >= 0.3 is 0 Å².